The number of oxazole rings is 1. The lowest BCUT2D eigenvalue weighted by molar-refractivity contribution is -0.130. The fourth-order valence-corrected chi connectivity index (χ4v) is 2.61. The van der Waals surface area contributed by atoms with Crippen molar-refractivity contribution >= 4 is 17.0 Å². The number of nitrogens with zero attached hydrogens (tertiary/aromatic N) is 2. The zero-order valence-electron chi connectivity index (χ0n) is 13.3. The Balaban J connectivity index is 1.67. The van der Waals surface area contributed by atoms with Crippen molar-refractivity contribution in [1.29, 1.82) is 0 Å². The molecule has 3 rings (SSSR count). The van der Waals surface area contributed by atoms with Crippen LogP contribution in [0.25, 0.3) is 11.1 Å². The molecule has 6 heteroatoms. The van der Waals surface area contributed by atoms with E-state index < -0.39 is 5.76 Å². The Morgan fingerprint density at radius 1 is 1.17 bits per heavy atom. The number of benzene rings is 2. The number of hydrogen-bond acceptors (Lipinski definition) is 4. The van der Waals surface area contributed by atoms with Gasteiger partial charge in [-0.3, -0.25) is 9.36 Å². The molecule has 1 heterocycles. The number of rotatable bonds is 5. The van der Waals surface area contributed by atoms with Crippen LogP contribution in [0.3, 0.4) is 0 Å². The molecule has 2 aromatic carbocycles. The van der Waals surface area contributed by atoms with Gasteiger partial charge in [-0.1, -0.05) is 30.3 Å². The molecule has 0 radical (unpaired) electrons. The fourth-order valence-electron chi connectivity index (χ4n) is 2.61. The molecule has 24 heavy (non-hydrogen) atoms. The number of carbonyl (C=O) groups excluding carboxylic acids is 1. The lowest BCUT2D eigenvalue weighted by Crippen LogP contribution is -2.28. The normalized spacial score (nSPS) is 10.9. The number of carbonyl (C=O) groups is 1. The summed E-state index contributed by atoms with van der Waals surface area (Å²) in [6, 6.07) is 14.0. The van der Waals surface area contributed by atoms with Crippen molar-refractivity contribution in [2.75, 3.05) is 7.05 Å². The molecule has 0 saturated heterocycles. The molecule has 1 aromatic heterocycles. The summed E-state index contributed by atoms with van der Waals surface area (Å²) >= 11 is 0. The average molecular weight is 326 g/mol. The minimum absolute atomic E-state index is 0.115. The Hall–Kier alpha value is -3.02. The molecule has 0 spiro atoms. The van der Waals surface area contributed by atoms with Crippen LogP contribution in [-0.2, 0) is 17.9 Å². The van der Waals surface area contributed by atoms with Crippen molar-refractivity contribution in [3.63, 3.8) is 0 Å². The van der Waals surface area contributed by atoms with Crippen molar-refractivity contribution in [1.82, 2.24) is 9.47 Å². The summed E-state index contributed by atoms with van der Waals surface area (Å²) < 4.78 is 6.61. The van der Waals surface area contributed by atoms with Crippen LogP contribution in [0.15, 0.2) is 57.7 Å². The smallest absolute Gasteiger partial charge is 0.419 e. The summed E-state index contributed by atoms with van der Waals surface area (Å²) in [4.78, 5) is 25.7. The number of phenols is 1. The molecule has 0 bridgehead atoms. The topological polar surface area (TPSA) is 75.7 Å². The van der Waals surface area contributed by atoms with Gasteiger partial charge in [0.2, 0.25) is 5.91 Å². The van der Waals surface area contributed by atoms with Crippen molar-refractivity contribution in [3.05, 3.63) is 64.6 Å². The van der Waals surface area contributed by atoms with E-state index in [4.69, 9.17) is 4.42 Å². The van der Waals surface area contributed by atoms with Gasteiger partial charge in [-0.2, -0.15) is 0 Å². The molecule has 0 atom stereocenters. The second-order valence-electron chi connectivity index (χ2n) is 5.62. The zero-order chi connectivity index (χ0) is 17.1. The molecule has 3 aromatic rings. The standard InChI is InChI=1S/C18H18N2O4/c1-19(12-13-6-2-4-8-15(13)21)17(22)10-11-20-14-7-3-5-9-16(14)24-18(20)23/h2-9,21H,10-12H2,1H3. The number of para-hydroxylation sites is 3. The van der Waals surface area contributed by atoms with Gasteiger partial charge in [-0.05, 0) is 18.2 Å². The van der Waals surface area contributed by atoms with Gasteiger partial charge in [-0.15, -0.1) is 0 Å². The fraction of sp³-hybridized carbons (Fsp3) is 0.222. The number of aromatic hydroxyl groups is 1. The second kappa shape index (κ2) is 6.62. The van der Waals surface area contributed by atoms with Gasteiger partial charge >= 0.3 is 5.76 Å². The van der Waals surface area contributed by atoms with Crippen LogP contribution in [0, 0.1) is 0 Å². The van der Waals surface area contributed by atoms with Crippen LogP contribution in [0.4, 0.5) is 0 Å². The maximum atomic E-state index is 12.3. The van der Waals surface area contributed by atoms with Crippen molar-refractivity contribution in [2.45, 2.75) is 19.5 Å². The minimum Gasteiger partial charge on any atom is -0.508 e. The predicted molar refractivity (Wildman–Crippen MR) is 89.7 cm³/mol. The van der Waals surface area contributed by atoms with Gasteiger partial charge in [0.25, 0.3) is 0 Å². The van der Waals surface area contributed by atoms with Crippen LogP contribution < -0.4 is 5.76 Å². The van der Waals surface area contributed by atoms with Gasteiger partial charge in [0.1, 0.15) is 5.75 Å². The highest BCUT2D eigenvalue weighted by molar-refractivity contribution is 5.76. The molecule has 0 aliphatic carbocycles. The summed E-state index contributed by atoms with van der Waals surface area (Å²) in [6.07, 6.45) is 0.174. The van der Waals surface area contributed by atoms with Gasteiger partial charge in [0.15, 0.2) is 5.58 Å². The number of phenolic OH excluding ortho intramolecular Hbond substituents is 1. The van der Waals surface area contributed by atoms with Crippen LogP contribution >= 0.6 is 0 Å². The maximum absolute atomic E-state index is 12.3. The number of hydrogen-bond donors (Lipinski definition) is 1. The Labute approximate surface area is 138 Å². The van der Waals surface area contributed by atoms with Gasteiger partial charge < -0.3 is 14.4 Å². The van der Waals surface area contributed by atoms with E-state index in [0.717, 1.165) is 0 Å². The second-order valence-corrected chi connectivity index (χ2v) is 5.62. The Bertz CT molecular complexity index is 926. The average Bonchev–Trinajstić information content (AvgIpc) is 2.90. The summed E-state index contributed by atoms with van der Waals surface area (Å²) in [5.41, 5.74) is 1.87. The van der Waals surface area contributed by atoms with E-state index in [1.54, 1.807) is 43.4 Å². The van der Waals surface area contributed by atoms with Crippen LogP contribution in [0.2, 0.25) is 0 Å². The Kier molecular flexibility index (Phi) is 4.37. The van der Waals surface area contributed by atoms with Gasteiger partial charge in [0.05, 0.1) is 5.52 Å². The summed E-state index contributed by atoms with van der Waals surface area (Å²) in [5.74, 6) is -0.419. The maximum Gasteiger partial charge on any atom is 0.419 e. The first kappa shape index (κ1) is 15.9. The van der Waals surface area contributed by atoms with Crippen molar-refractivity contribution in [2.24, 2.45) is 0 Å². The lowest BCUT2D eigenvalue weighted by atomic mass is 10.2. The SMILES string of the molecule is CN(Cc1ccccc1O)C(=O)CCn1c(=O)oc2ccccc21. The monoisotopic (exact) mass is 326 g/mol. The lowest BCUT2D eigenvalue weighted by Gasteiger charge is -2.18. The third-order valence-electron chi connectivity index (χ3n) is 3.95. The van der Waals surface area contributed by atoms with E-state index >= 15 is 0 Å². The Morgan fingerprint density at radius 2 is 1.88 bits per heavy atom. The molecule has 6 nitrogen and oxygen atoms in total. The molecule has 0 aliphatic rings. The van der Waals surface area contributed by atoms with Gasteiger partial charge in [0, 0.05) is 32.1 Å². The van der Waals surface area contributed by atoms with Crippen LogP contribution in [-0.4, -0.2) is 27.5 Å². The summed E-state index contributed by atoms with van der Waals surface area (Å²) in [5, 5.41) is 9.78. The molecular formula is C18H18N2O4. The van der Waals surface area contributed by atoms with E-state index in [-0.39, 0.29) is 24.6 Å². The van der Waals surface area contributed by atoms with E-state index in [1.165, 1.54) is 9.47 Å². The first-order chi connectivity index (χ1) is 11.6. The number of aromatic nitrogens is 1. The molecular weight excluding hydrogens is 308 g/mol. The van der Waals surface area contributed by atoms with E-state index in [9.17, 15) is 14.7 Å². The minimum atomic E-state index is -0.465. The van der Waals surface area contributed by atoms with E-state index in [2.05, 4.69) is 0 Å². The first-order valence-corrected chi connectivity index (χ1v) is 7.65. The zero-order valence-corrected chi connectivity index (χ0v) is 13.3. The largest absolute Gasteiger partial charge is 0.508 e. The third-order valence-corrected chi connectivity index (χ3v) is 3.95. The molecule has 0 aliphatic heterocycles. The van der Waals surface area contributed by atoms with E-state index in [0.29, 0.717) is 23.2 Å². The third kappa shape index (κ3) is 3.17. The molecule has 0 fully saturated rings. The van der Waals surface area contributed by atoms with Crippen molar-refractivity contribution in [3.8, 4) is 5.75 Å². The van der Waals surface area contributed by atoms with E-state index in [1.807, 2.05) is 12.1 Å². The number of aryl methyl sites for hydroxylation is 1. The van der Waals surface area contributed by atoms with Crippen LogP contribution in [0.1, 0.15) is 12.0 Å². The molecule has 0 saturated carbocycles. The quantitative estimate of drug-likeness (QED) is 0.781. The highest BCUT2D eigenvalue weighted by Crippen LogP contribution is 2.18. The first-order valence-electron chi connectivity index (χ1n) is 7.65. The van der Waals surface area contributed by atoms with Gasteiger partial charge in [-0.25, -0.2) is 4.79 Å². The van der Waals surface area contributed by atoms with Crippen LogP contribution in [0.5, 0.6) is 5.75 Å². The molecule has 1 N–H and O–H groups in total. The Morgan fingerprint density at radius 3 is 2.67 bits per heavy atom. The predicted octanol–water partition coefficient (Wildman–Crippen LogP) is 2.35. The summed E-state index contributed by atoms with van der Waals surface area (Å²) in [7, 11) is 1.67. The number of amides is 1. The number of fused-ring (bicyclic) bond motifs is 1. The van der Waals surface area contributed by atoms with Crippen molar-refractivity contribution < 1.29 is 14.3 Å². The molecule has 124 valence electrons. The highest BCUT2D eigenvalue weighted by Gasteiger charge is 2.14. The molecule has 1 amide bonds. The summed E-state index contributed by atoms with van der Waals surface area (Å²) in [6.45, 7) is 0.562. The highest BCUT2D eigenvalue weighted by atomic mass is 16.4. The molecule has 0 unspecified atom stereocenters.